The minimum absolute atomic E-state index is 0. The van der Waals surface area contributed by atoms with E-state index in [0.29, 0.717) is 42.4 Å². The van der Waals surface area contributed by atoms with E-state index in [1.54, 1.807) is 32.1 Å². The van der Waals surface area contributed by atoms with Crippen LogP contribution in [0.15, 0.2) is 35.4 Å². The van der Waals surface area contributed by atoms with Crippen LogP contribution in [0.4, 0.5) is 10.5 Å². The summed E-state index contributed by atoms with van der Waals surface area (Å²) >= 11 is 0. The average molecular weight is 651 g/mol. The number of carbonyl (C=O) groups excluding carboxylic acids is 2. The number of phosphoric acid groups is 1. The fourth-order valence-corrected chi connectivity index (χ4v) is 5.64. The Morgan fingerprint density at radius 1 is 1.14 bits per heavy atom. The fourth-order valence-electron chi connectivity index (χ4n) is 5.25. The van der Waals surface area contributed by atoms with Crippen molar-refractivity contribution in [3.8, 4) is 11.5 Å². The molecule has 0 radical (unpaired) electrons. The Hall–Kier alpha value is -1.93. The number of benzene rings is 1. The van der Waals surface area contributed by atoms with Gasteiger partial charge in [0.2, 0.25) is 0 Å². The molecule has 0 saturated heterocycles. The number of hydrogen-bond donors (Lipinski definition) is 4. The summed E-state index contributed by atoms with van der Waals surface area (Å²) in [4.78, 5) is 45.8. The van der Waals surface area contributed by atoms with Crippen molar-refractivity contribution < 1.29 is 82.1 Å². The van der Waals surface area contributed by atoms with Gasteiger partial charge in [-0.3, -0.25) is 9.36 Å². The van der Waals surface area contributed by atoms with E-state index in [1.165, 1.54) is 27.4 Å². The molecule has 1 aromatic carbocycles. The van der Waals surface area contributed by atoms with Gasteiger partial charge in [0.1, 0.15) is 0 Å². The van der Waals surface area contributed by atoms with Crippen molar-refractivity contribution in [2.24, 2.45) is 17.6 Å². The molecule has 1 unspecified atom stereocenters. The van der Waals surface area contributed by atoms with Crippen molar-refractivity contribution in [2.75, 3.05) is 26.6 Å². The van der Waals surface area contributed by atoms with Gasteiger partial charge in [0.05, 0.1) is 25.4 Å². The number of nitrogens with two attached hydrogens (primary N) is 1. The van der Waals surface area contributed by atoms with Crippen molar-refractivity contribution in [2.45, 2.75) is 77.8 Å². The van der Waals surface area contributed by atoms with Crippen LogP contribution in [0.5, 0.6) is 11.5 Å². The molecule has 0 saturated carbocycles. The van der Waals surface area contributed by atoms with Gasteiger partial charge in [-0.1, -0.05) is 26.0 Å². The van der Waals surface area contributed by atoms with Crippen LogP contribution in [0.3, 0.4) is 0 Å². The van der Waals surface area contributed by atoms with Crippen molar-refractivity contribution in [3.05, 3.63) is 41.0 Å². The van der Waals surface area contributed by atoms with E-state index in [4.69, 9.17) is 29.2 Å². The Balaban J connectivity index is 0.00000968. The molecule has 0 spiro atoms. The third-order valence-corrected chi connectivity index (χ3v) is 7.78. The number of carbonyl (C=O) groups is 2. The Labute approximate surface area is 281 Å². The van der Waals surface area contributed by atoms with Crippen LogP contribution in [-0.4, -0.2) is 67.7 Å². The summed E-state index contributed by atoms with van der Waals surface area (Å²) in [6.07, 6.45) is 0.931. The molecule has 15 heteroatoms. The number of rotatable bonds is 6. The third-order valence-electron chi connectivity index (χ3n) is 7.35. The fraction of sp³-hybridized carbons (Fsp3) is 0.586. The number of hydrogen-bond acceptors (Lipinski definition) is 10. The van der Waals surface area contributed by atoms with Gasteiger partial charge in [0.25, 0.3) is 5.91 Å². The summed E-state index contributed by atoms with van der Waals surface area (Å²) in [6.45, 7) is 7.09. The molecule has 2 rings (SSSR count). The minimum atomic E-state index is -5.21. The van der Waals surface area contributed by atoms with Crippen LogP contribution in [0, 0.1) is 11.8 Å². The molecule has 242 valence electrons. The summed E-state index contributed by atoms with van der Waals surface area (Å²) in [5, 5.41) is 14.0. The van der Waals surface area contributed by atoms with Crippen LogP contribution in [0.1, 0.15) is 52.5 Å². The Bertz CT molecular complexity index is 1240. The Morgan fingerprint density at radius 3 is 2.32 bits per heavy atom. The molecule has 13 nitrogen and oxygen atoms in total. The Morgan fingerprint density at radius 2 is 1.77 bits per heavy atom. The quantitative estimate of drug-likeness (QED) is 0.187. The van der Waals surface area contributed by atoms with E-state index in [2.05, 4.69) is 5.32 Å². The van der Waals surface area contributed by atoms with E-state index in [9.17, 15) is 29.0 Å². The molecule has 2 amide bonds. The van der Waals surface area contributed by atoms with Crippen molar-refractivity contribution in [1.82, 2.24) is 0 Å². The second-order valence-corrected chi connectivity index (χ2v) is 12.0. The molecule has 0 aromatic heterocycles. The minimum Gasteiger partial charge on any atom is -0.746 e. The first-order chi connectivity index (χ1) is 20.1. The van der Waals surface area contributed by atoms with Gasteiger partial charge >= 0.3 is 43.5 Å². The van der Waals surface area contributed by atoms with Gasteiger partial charge in [-0.2, -0.15) is 0 Å². The van der Waals surface area contributed by atoms with Crippen LogP contribution in [-0.2, 0) is 30.0 Å². The van der Waals surface area contributed by atoms with E-state index >= 15 is 0 Å². The molecule has 1 heterocycles. The van der Waals surface area contributed by atoms with Gasteiger partial charge in [-0.15, -0.1) is 0 Å². The van der Waals surface area contributed by atoms with E-state index in [1.807, 2.05) is 13.8 Å². The number of methoxy groups -OCH3 is 3. The zero-order chi connectivity index (χ0) is 32.5. The maximum atomic E-state index is 13.1. The molecule has 0 fully saturated rings. The van der Waals surface area contributed by atoms with Crippen LogP contribution >= 0.6 is 7.82 Å². The number of fused-ring (bicyclic) bond motifs is 2. The molecule has 0 aliphatic carbocycles. The van der Waals surface area contributed by atoms with Gasteiger partial charge in [-0.25, -0.2) is 4.79 Å². The maximum absolute atomic E-state index is 13.1. The number of allylic oxidation sites excluding steroid dienone is 1. The molecule has 5 N–H and O–H groups in total. The van der Waals surface area contributed by atoms with E-state index in [0.717, 1.165) is 0 Å². The number of aliphatic hydroxyl groups excluding tert-OH is 1. The van der Waals surface area contributed by atoms with Gasteiger partial charge in [0.15, 0.2) is 17.6 Å². The maximum Gasteiger partial charge on any atom is 1.00 e. The first-order valence-corrected chi connectivity index (χ1v) is 15.4. The van der Waals surface area contributed by atoms with Gasteiger partial charge in [-0.05, 0) is 57.1 Å². The summed E-state index contributed by atoms with van der Waals surface area (Å²) < 4.78 is 38.6. The number of anilines is 1. The summed E-state index contributed by atoms with van der Waals surface area (Å²) in [5.41, 5.74) is 7.06. The number of primary amides is 1. The van der Waals surface area contributed by atoms with Crippen LogP contribution < -0.4 is 54.8 Å². The molecular formula is C29H44N2NaO11P. The number of amides is 2. The molecule has 1 aromatic rings. The van der Waals surface area contributed by atoms with Gasteiger partial charge < -0.3 is 49.4 Å². The summed E-state index contributed by atoms with van der Waals surface area (Å²) in [5.74, 6) is -1.26. The van der Waals surface area contributed by atoms with Crippen molar-refractivity contribution in [1.29, 1.82) is 0 Å². The second kappa shape index (κ2) is 18.3. The zero-order valence-electron chi connectivity index (χ0n) is 26.7. The summed E-state index contributed by atoms with van der Waals surface area (Å²) in [6, 6.07) is 2.88. The zero-order valence-corrected chi connectivity index (χ0v) is 29.6. The van der Waals surface area contributed by atoms with Crippen LogP contribution in [0.25, 0.3) is 0 Å². The SMILES string of the molecule is COc1c2cc(cc1OP(=O)([O-])O)NC(=O)/C(C)=C/CC[C@H](OC)[C@@H](OC(N)=O)/C(C)=C/[C@H](C)[C@@H](O)[C@@H](OC)C[C@H](C)C2.[Na+]. The first-order valence-electron chi connectivity index (χ1n) is 13.9. The average Bonchev–Trinajstić information content (AvgIpc) is 2.90. The van der Waals surface area contributed by atoms with Crippen molar-refractivity contribution >= 4 is 25.5 Å². The summed E-state index contributed by atoms with van der Waals surface area (Å²) in [7, 11) is -0.919. The van der Waals surface area contributed by atoms with E-state index < -0.39 is 50.2 Å². The molecule has 1 aliphatic heterocycles. The monoisotopic (exact) mass is 650 g/mol. The molecule has 44 heavy (non-hydrogen) atoms. The standard InChI is InChI=1S/C29H45N2O11P.Na/c1-16-11-20-14-21(15-24(27(20)40-7)42-43(35,36)37)31-28(33)17(2)9-8-10-22(38-5)26(41-29(30)34)19(4)13-18(3)25(32)23(12-16)39-6;/h9,13-16,18,22-23,25-26,32H,8,10-12H2,1-7H3,(H2,30,34)(H,31,33)(H2,35,36,37);/q;+1/p-1/b17-9+,19-13+;/t16-,18+,22+,23+,25-,26+;/m1./s1. The Kier molecular flexibility index (Phi) is 16.7. The number of nitrogens with one attached hydrogen (secondary N) is 1. The van der Waals surface area contributed by atoms with Crippen LogP contribution in [0.2, 0.25) is 0 Å². The molecule has 1 aliphatic rings. The van der Waals surface area contributed by atoms with E-state index in [-0.39, 0.29) is 52.7 Å². The third kappa shape index (κ3) is 12.1. The predicted octanol–water partition coefficient (Wildman–Crippen LogP) is 0.223. The number of aliphatic hydroxyl groups is 1. The normalized spacial score (nSPS) is 29.4. The van der Waals surface area contributed by atoms with Crippen molar-refractivity contribution in [3.63, 3.8) is 0 Å². The van der Waals surface area contributed by atoms with Gasteiger partial charge in [0, 0.05) is 43.0 Å². The number of phosphoric ester groups is 1. The molecular weight excluding hydrogens is 606 g/mol. The largest absolute Gasteiger partial charge is 1.00 e. The second-order valence-electron chi connectivity index (χ2n) is 10.9. The topological polar surface area (TPSA) is 199 Å². The first kappa shape index (κ1) is 40.1. The molecule has 2 bridgehead atoms. The predicted molar refractivity (Wildman–Crippen MR) is 158 cm³/mol. The number of ether oxygens (including phenoxy) is 4. The smallest absolute Gasteiger partial charge is 0.746 e. The molecule has 7 atom stereocenters.